The molecule has 0 saturated carbocycles. The lowest BCUT2D eigenvalue weighted by molar-refractivity contribution is -0.139. The molecule has 14 nitrogen and oxygen atoms in total. The number of hydrogen-bond donors (Lipinski definition) is 12. The number of carbonyl (C=O) groups is 2. The fourth-order valence-corrected chi connectivity index (χ4v) is 2.49. The van der Waals surface area contributed by atoms with Gasteiger partial charge >= 0.3 is 11.9 Å². The summed E-state index contributed by atoms with van der Waals surface area (Å²) in [7, 11) is 0. The molecular formula is C22H30Cl2N10O4. The summed E-state index contributed by atoms with van der Waals surface area (Å²) in [5.41, 5.74) is 11.5. The van der Waals surface area contributed by atoms with Crippen molar-refractivity contribution >= 4 is 70.4 Å². The second-order valence-corrected chi connectivity index (χ2v) is 7.96. The van der Waals surface area contributed by atoms with Gasteiger partial charge in [0.1, 0.15) is 0 Å². The van der Waals surface area contributed by atoms with Crippen LogP contribution in [0, 0.1) is 21.6 Å². The van der Waals surface area contributed by atoms with Crippen molar-refractivity contribution in [2.75, 3.05) is 10.6 Å². The maximum absolute atomic E-state index is 9.90. The topological polar surface area (TPSA) is 270 Å². The predicted molar refractivity (Wildman–Crippen MR) is 149 cm³/mol. The molecule has 0 aliphatic rings. The van der Waals surface area contributed by atoms with E-state index in [1.807, 2.05) is 0 Å². The summed E-state index contributed by atoms with van der Waals surface area (Å²) < 4.78 is 0. The van der Waals surface area contributed by atoms with Gasteiger partial charge in [0.25, 0.3) is 0 Å². The largest absolute Gasteiger partial charge is 0.481 e. The highest BCUT2D eigenvalue weighted by atomic mass is 35.5. The number of hydrogen-bond acceptors (Lipinski definition) is 6. The molecule has 0 saturated heterocycles. The first kappa shape index (κ1) is 33.4. The first-order valence-electron chi connectivity index (χ1n) is 10.7. The molecule has 16 heteroatoms. The second-order valence-electron chi connectivity index (χ2n) is 7.09. The van der Waals surface area contributed by atoms with Gasteiger partial charge in [-0.2, -0.15) is 0 Å². The van der Waals surface area contributed by atoms with Gasteiger partial charge in [-0.05, 0) is 61.4 Å². The van der Waals surface area contributed by atoms with E-state index in [9.17, 15) is 9.59 Å². The molecule has 38 heavy (non-hydrogen) atoms. The van der Waals surface area contributed by atoms with E-state index in [1.165, 1.54) is 0 Å². The lowest BCUT2D eigenvalue weighted by Crippen LogP contribution is -2.39. The molecule has 0 amide bonds. The summed E-state index contributed by atoms with van der Waals surface area (Å²) in [6.45, 7) is 0. The van der Waals surface area contributed by atoms with E-state index in [4.69, 9.17) is 66.5 Å². The van der Waals surface area contributed by atoms with Crippen LogP contribution in [-0.4, -0.2) is 46.0 Å². The SMILES string of the molecule is N=C(N)NC(=N)Nc1ccc(Cl)cc1.N=C(N)NC(=N)Nc1ccc(Cl)cc1.O=C(O)CCCCC(=O)O. The Hall–Kier alpha value is -4.56. The Morgan fingerprint density at radius 1 is 0.658 bits per heavy atom. The van der Waals surface area contributed by atoms with Crippen LogP contribution in [0.15, 0.2) is 48.5 Å². The zero-order chi connectivity index (χ0) is 29.1. The van der Waals surface area contributed by atoms with Crippen LogP contribution in [-0.2, 0) is 9.59 Å². The normalized spacial score (nSPS) is 9.21. The summed E-state index contributed by atoms with van der Waals surface area (Å²) in [5, 5.41) is 56.0. The lowest BCUT2D eigenvalue weighted by Gasteiger charge is -2.08. The number of rotatable bonds is 7. The molecule has 14 N–H and O–H groups in total. The Bertz CT molecular complexity index is 1010. The van der Waals surface area contributed by atoms with Crippen LogP contribution in [0.3, 0.4) is 0 Å². The first-order valence-corrected chi connectivity index (χ1v) is 11.4. The summed E-state index contributed by atoms with van der Waals surface area (Å²) in [4.78, 5) is 19.8. The Morgan fingerprint density at radius 2 is 0.947 bits per heavy atom. The molecule has 0 radical (unpaired) electrons. The summed E-state index contributed by atoms with van der Waals surface area (Å²) >= 11 is 11.4. The van der Waals surface area contributed by atoms with Gasteiger partial charge < -0.3 is 32.3 Å². The van der Waals surface area contributed by atoms with Gasteiger partial charge in [-0.1, -0.05) is 23.2 Å². The molecule has 0 aliphatic carbocycles. The quantitative estimate of drug-likeness (QED) is 0.132. The third kappa shape index (κ3) is 19.7. The zero-order valence-corrected chi connectivity index (χ0v) is 21.6. The summed E-state index contributed by atoms with van der Waals surface area (Å²) in [6, 6.07) is 13.7. The number of aliphatic carboxylic acids is 2. The number of benzene rings is 2. The highest BCUT2D eigenvalue weighted by molar-refractivity contribution is 6.31. The number of nitrogens with one attached hydrogen (secondary N) is 8. The van der Waals surface area contributed by atoms with E-state index in [-0.39, 0.29) is 36.7 Å². The maximum atomic E-state index is 9.90. The second kappa shape index (κ2) is 18.7. The van der Waals surface area contributed by atoms with Crippen molar-refractivity contribution < 1.29 is 19.8 Å². The van der Waals surface area contributed by atoms with Crippen molar-refractivity contribution in [2.45, 2.75) is 25.7 Å². The number of anilines is 2. The van der Waals surface area contributed by atoms with Crippen LogP contribution < -0.4 is 32.7 Å². The van der Waals surface area contributed by atoms with Gasteiger partial charge in [0.15, 0.2) is 23.8 Å². The predicted octanol–water partition coefficient (Wildman–Crippen LogP) is 3.06. The van der Waals surface area contributed by atoms with Crippen molar-refractivity contribution in [3.63, 3.8) is 0 Å². The molecule has 0 aromatic heterocycles. The highest BCUT2D eigenvalue weighted by Crippen LogP contribution is 2.13. The van der Waals surface area contributed by atoms with Gasteiger partial charge in [-0.25, -0.2) is 0 Å². The highest BCUT2D eigenvalue weighted by Gasteiger charge is 2.00. The van der Waals surface area contributed by atoms with Crippen molar-refractivity contribution in [3.8, 4) is 0 Å². The monoisotopic (exact) mass is 568 g/mol. The van der Waals surface area contributed by atoms with Crippen molar-refractivity contribution in [3.05, 3.63) is 58.6 Å². The van der Waals surface area contributed by atoms with Crippen molar-refractivity contribution in [2.24, 2.45) is 11.5 Å². The molecule has 2 aromatic carbocycles. The molecule has 206 valence electrons. The molecule has 0 atom stereocenters. The molecular weight excluding hydrogens is 539 g/mol. The third-order valence-electron chi connectivity index (χ3n) is 3.78. The lowest BCUT2D eigenvalue weighted by atomic mass is 10.2. The van der Waals surface area contributed by atoms with Gasteiger partial charge in [0, 0.05) is 34.3 Å². The van der Waals surface area contributed by atoms with E-state index >= 15 is 0 Å². The molecule has 0 fully saturated rings. The number of guanidine groups is 4. The van der Waals surface area contributed by atoms with E-state index in [0.717, 1.165) is 0 Å². The van der Waals surface area contributed by atoms with E-state index in [1.54, 1.807) is 48.5 Å². The number of nitrogens with two attached hydrogens (primary N) is 2. The molecule has 0 heterocycles. The molecule has 2 rings (SSSR count). The van der Waals surface area contributed by atoms with Gasteiger partial charge in [-0.3, -0.25) is 41.9 Å². The van der Waals surface area contributed by atoms with Crippen molar-refractivity contribution in [1.29, 1.82) is 21.6 Å². The van der Waals surface area contributed by atoms with E-state index < -0.39 is 11.9 Å². The molecule has 0 unspecified atom stereocenters. The zero-order valence-electron chi connectivity index (χ0n) is 20.1. The molecule has 2 aromatic rings. The number of carboxylic acids is 2. The average molecular weight is 569 g/mol. The summed E-state index contributed by atoms with van der Waals surface area (Å²) in [6.07, 6.45) is 1.02. The number of carboxylic acid groups (broad SMARTS) is 2. The number of unbranched alkanes of at least 4 members (excludes halogenated alkanes) is 1. The third-order valence-corrected chi connectivity index (χ3v) is 4.28. The van der Waals surface area contributed by atoms with Gasteiger partial charge in [0.2, 0.25) is 0 Å². The minimum atomic E-state index is -0.870. The van der Waals surface area contributed by atoms with Crippen LogP contribution in [0.4, 0.5) is 11.4 Å². The standard InChI is InChI=1S/2C8H10ClN5.C6H10O4/c2*9-5-1-3-6(4-2-5)13-8(12)14-7(10)11;7-5(8)3-1-2-4-6(9)10/h2*1-4H,(H6,10,11,12,13,14);1-4H2,(H,7,8)(H,9,10). The Labute approximate surface area is 228 Å². The Morgan fingerprint density at radius 3 is 1.18 bits per heavy atom. The molecule has 0 bridgehead atoms. The molecule has 0 spiro atoms. The Balaban J connectivity index is 0.000000551. The summed E-state index contributed by atoms with van der Waals surface area (Å²) in [5.74, 6) is -2.41. The Kier molecular flexibility index (Phi) is 16.4. The van der Waals surface area contributed by atoms with Crippen LogP contribution in [0.2, 0.25) is 10.0 Å². The smallest absolute Gasteiger partial charge is 0.303 e. The maximum Gasteiger partial charge on any atom is 0.303 e. The average Bonchev–Trinajstić information content (AvgIpc) is 2.79. The minimum absolute atomic E-state index is 0.0557. The minimum Gasteiger partial charge on any atom is -0.481 e. The van der Waals surface area contributed by atoms with E-state index in [2.05, 4.69) is 21.3 Å². The van der Waals surface area contributed by atoms with Crippen LogP contribution >= 0.6 is 23.2 Å². The fourth-order valence-electron chi connectivity index (χ4n) is 2.24. The van der Waals surface area contributed by atoms with Gasteiger partial charge in [-0.15, -0.1) is 0 Å². The first-order chi connectivity index (χ1) is 17.8. The number of halogens is 2. The molecule has 0 aliphatic heterocycles. The van der Waals surface area contributed by atoms with Crippen LogP contribution in [0.1, 0.15) is 25.7 Å². The van der Waals surface area contributed by atoms with Crippen LogP contribution in [0.25, 0.3) is 0 Å². The van der Waals surface area contributed by atoms with Crippen molar-refractivity contribution in [1.82, 2.24) is 10.6 Å². The van der Waals surface area contributed by atoms with Crippen LogP contribution in [0.5, 0.6) is 0 Å². The fraction of sp³-hybridized carbons (Fsp3) is 0.182. The van der Waals surface area contributed by atoms with E-state index in [0.29, 0.717) is 34.3 Å². The van der Waals surface area contributed by atoms with Gasteiger partial charge in [0.05, 0.1) is 0 Å².